The lowest BCUT2D eigenvalue weighted by molar-refractivity contribution is -0.118. The van der Waals surface area contributed by atoms with E-state index in [4.69, 9.17) is 4.74 Å². The third-order valence-electron chi connectivity index (χ3n) is 3.17. The summed E-state index contributed by atoms with van der Waals surface area (Å²) in [6.07, 6.45) is 0. The number of amides is 2. The first kappa shape index (κ1) is 19.9. The first-order valence-corrected chi connectivity index (χ1v) is 9.77. The second kappa shape index (κ2) is 8.33. The van der Waals surface area contributed by atoms with Gasteiger partial charge in [-0.3, -0.25) is 9.59 Å². The van der Waals surface area contributed by atoms with Crippen molar-refractivity contribution in [1.29, 1.82) is 0 Å². The second-order valence-electron chi connectivity index (χ2n) is 5.46. The summed E-state index contributed by atoms with van der Waals surface area (Å²) in [5, 5.41) is 2.60. The summed E-state index contributed by atoms with van der Waals surface area (Å²) in [4.78, 5) is 22.8. The molecule has 0 heterocycles. The highest BCUT2D eigenvalue weighted by molar-refractivity contribution is 9.10. The predicted octanol–water partition coefficient (Wildman–Crippen LogP) is 2.60. The van der Waals surface area contributed by atoms with Crippen molar-refractivity contribution in [2.45, 2.75) is 18.7 Å². The minimum absolute atomic E-state index is 0.0782. The zero-order valence-electron chi connectivity index (χ0n) is 14.1. The molecule has 2 amide bonds. The van der Waals surface area contributed by atoms with Gasteiger partial charge in [0.1, 0.15) is 5.75 Å². The minimum Gasteiger partial charge on any atom is -0.483 e. The standard InChI is InChI=1S/C17H17BrN2O5S/c1-11-3-8-16(15(18)9-11)25-10-17(22)19-13-4-6-14(7-5-13)26(23,24)20-12(2)21/h3-9H,10H2,1-2H3,(H,19,22)(H,20,21). The molecule has 0 spiro atoms. The lowest BCUT2D eigenvalue weighted by Crippen LogP contribution is -2.28. The van der Waals surface area contributed by atoms with Crippen LogP contribution in [0.1, 0.15) is 12.5 Å². The Morgan fingerprint density at radius 3 is 2.35 bits per heavy atom. The van der Waals surface area contributed by atoms with E-state index >= 15 is 0 Å². The van der Waals surface area contributed by atoms with Gasteiger partial charge in [-0.25, -0.2) is 13.1 Å². The molecule has 0 radical (unpaired) electrons. The number of nitrogens with one attached hydrogen (secondary N) is 2. The number of hydrogen-bond donors (Lipinski definition) is 2. The fraction of sp³-hybridized carbons (Fsp3) is 0.176. The van der Waals surface area contributed by atoms with E-state index in [1.54, 1.807) is 6.07 Å². The van der Waals surface area contributed by atoms with Gasteiger partial charge in [-0.2, -0.15) is 0 Å². The molecule has 26 heavy (non-hydrogen) atoms. The number of benzene rings is 2. The van der Waals surface area contributed by atoms with Crippen molar-refractivity contribution in [2.24, 2.45) is 0 Å². The maximum absolute atomic E-state index is 12.0. The van der Waals surface area contributed by atoms with Gasteiger partial charge in [0.25, 0.3) is 15.9 Å². The fourth-order valence-corrected chi connectivity index (χ4v) is 3.63. The number of halogens is 1. The molecule has 2 aromatic carbocycles. The third-order valence-corrected chi connectivity index (χ3v) is 5.24. The van der Waals surface area contributed by atoms with Crippen LogP contribution in [0, 0.1) is 6.92 Å². The van der Waals surface area contributed by atoms with Crippen LogP contribution in [0.3, 0.4) is 0 Å². The molecule has 0 atom stereocenters. The van der Waals surface area contributed by atoms with Crippen LogP contribution in [0.4, 0.5) is 5.69 Å². The second-order valence-corrected chi connectivity index (χ2v) is 7.99. The van der Waals surface area contributed by atoms with Gasteiger partial charge in [0, 0.05) is 12.6 Å². The van der Waals surface area contributed by atoms with Gasteiger partial charge in [0.05, 0.1) is 9.37 Å². The van der Waals surface area contributed by atoms with Crippen LogP contribution >= 0.6 is 15.9 Å². The highest BCUT2D eigenvalue weighted by Crippen LogP contribution is 2.25. The van der Waals surface area contributed by atoms with Crippen LogP contribution in [-0.2, 0) is 19.6 Å². The number of sulfonamides is 1. The van der Waals surface area contributed by atoms with E-state index in [1.807, 2.05) is 23.8 Å². The molecule has 2 aromatic rings. The number of carbonyl (C=O) groups is 2. The summed E-state index contributed by atoms with van der Waals surface area (Å²) >= 11 is 3.36. The van der Waals surface area contributed by atoms with Crippen molar-refractivity contribution < 1.29 is 22.7 Å². The largest absolute Gasteiger partial charge is 0.483 e. The topological polar surface area (TPSA) is 102 Å². The van der Waals surface area contributed by atoms with Crippen LogP contribution in [0.15, 0.2) is 51.8 Å². The van der Waals surface area contributed by atoms with Crippen LogP contribution in [0.25, 0.3) is 0 Å². The van der Waals surface area contributed by atoms with E-state index < -0.39 is 21.8 Å². The SMILES string of the molecule is CC(=O)NS(=O)(=O)c1ccc(NC(=O)COc2ccc(C)cc2Br)cc1. The molecule has 138 valence electrons. The summed E-state index contributed by atoms with van der Waals surface area (Å²) in [6, 6.07) is 10.9. The molecule has 0 aliphatic rings. The Kier molecular flexibility index (Phi) is 6.38. The molecule has 0 aliphatic carbocycles. The summed E-state index contributed by atoms with van der Waals surface area (Å²) in [6.45, 7) is 2.85. The average molecular weight is 441 g/mol. The van der Waals surface area contributed by atoms with Gasteiger partial charge >= 0.3 is 0 Å². The Morgan fingerprint density at radius 2 is 1.77 bits per heavy atom. The van der Waals surface area contributed by atoms with Gasteiger partial charge in [-0.1, -0.05) is 6.07 Å². The van der Waals surface area contributed by atoms with E-state index in [1.165, 1.54) is 24.3 Å². The molecular formula is C17H17BrN2O5S. The Labute approximate surface area is 159 Å². The number of carbonyl (C=O) groups excluding carboxylic acids is 2. The number of rotatable bonds is 6. The number of hydrogen-bond acceptors (Lipinski definition) is 5. The molecule has 9 heteroatoms. The Balaban J connectivity index is 1.96. The van der Waals surface area contributed by atoms with Crippen LogP contribution < -0.4 is 14.8 Å². The van der Waals surface area contributed by atoms with Crippen LogP contribution in [-0.4, -0.2) is 26.8 Å². The number of ether oxygens (including phenoxy) is 1. The van der Waals surface area contributed by atoms with E-state index in [0.717, 1.165) is 17.0 Å². The summed E-state index contributed by atoms with van der Waals surface area (Å²) in [7, 11) is -3.90. The fourth-order valence-electron chi connectivity index (χ4n) is 2.03. The Bertz CT molecular complexity index is 927. The van der Waals surface area contributed by atoms with Gasteiger partial charge in [-0.05, 0) is 64.8 Å². The lowest BCUT2D eigenvalue weighted by atomic mass is 10.2. The molecule has 2 N–H and O–H groups in total. The molecule has 0 unspecified atom stereocenters. The van der Waals surface area contributed by atoms with Crippen LogP contribution in [0.2, 0.25) is 0 Å². The smallest absolute Gasteiger partial charge is 0.264 e. The third kappa shape index (κ3) is 5.57. The van der Waals surface area contributed by atoms with Crippen molar-refractivity contribution in [3.63, 3.8) is 0 Å². The molecular weight excluding hydrogens is 424 g/mol. The summed E-state index contributed by atoms with van der Waals surface area (Å²) in [5.74, 6) is -0.528. The number of anilines is 1. The summed E-state index contributed by atoms with van der Waals surface area (Å²) in [5.41, 5.74) is 1.46. The molecule has 0 saturated carbocycles. The zero-order valence-corrected chi connectivity index (χ0v) is 16.5. The van der Waals surface area contributed by atoms with Gasteiger partial charge in [0.15, 0.2) is 6.61 Å². The maximum atomic E-state index is 12.0. The highest BCUT2D eigenvalue weighted by Gasteiger charge is 2.15. The minimum atomic E-state index is -3.90. The van der Waals surface area contributed by atoms with Gasteiger partial charge in [-0.15, -0.1) is 0 Å². The maximum Gasteiger partial charge on any atom is 0.264 e. The van der Waals surface area contributed by atoms with Crippen molar-refractivity contribution in [1.82, 2.24) is 4.72 Å². The van der Waals surface area contributed by atoms with Gasteiger partial charge in [0.2, 0.25) is 5.91 Å². The molecule has 0 bridgehead atoms. The molecule has 0 aliphatic heterocycles. The van der Waals surface area contributed by atoms with Crippen molar-refractivity contribution in [3.05, 3.63) is 52.5 Å². The van der Waals surface area contributed by atoms with Crippen LogP contribution in [0.5, 0.6) is 5.75 Å². The van der Waals surface area contributed by atoms with Crippen molar-refractivity contribution in [3.8, 4) is 5.75 Å². The molecule has 0 aromatic heterocycles. The highest BCUT2D eigenvalue weighted by atomic mass is 79.9. The Morgan fingerprint density at radius 1 is 1.12 bits per heavy atom. The lowest BCUT2D eigenvalue weighted by Gasteiger charge is -2.10. The Hall–Kier alpha value is -2.39. The summed E-state index contributed by atoms with van der Waals surface area (Å²) < 4.78 is 31.8. The quantitative estimate of drug-likeness (QED) is 0.718. The van der Waals surface area contributed by atoms with Gasteiger partial charge < -0.3 is 10.1 Å². The van der Waals surface area contributed by atoms with Crippen molar-refractivity contribution in [2.75, 3.05) is 11.9 Å². The van der Waals surface area contributed by atoms with E-state index in [-0.39, 0.29) is 11.5 Å². The monoisotopic (exact) mass is 440 g/mol. The molecule has 7 nitrogen and oxygen atoms in total. The first-order valence-electron chi connectivity index (χ1n) is 7.49. The molecule has 0 fully saturated rings. The normalized spacial score (nSPS) is 10.9. The van der Waals surface area contributed by atoms with E-state index in [0.29, 0.717) is 11.4 Å². The number of aryl methyl sites for hydroxylation is 1. The van der Waals surface area contributed by atoms with E-state index in [2.05, 4.69) is 21.2 Å². The zero-order chi connectivity index (χ0) is 19.3. The average Bonchev–Trinajstić information content (AvgIpc) is 2.53. The van der Waals surface area contributed by atoms with Crippen molar-refractivity contribution >= 4 is 43.5 Å². The predicted molar refractivity (Wildman–Crippen MR) is 100 cm³/mol. The first-order chi connectivity index (χ1) is 12.2. The molecule has 2 rings (SSSR count). The molecule has 0 saturated heterocycles. The van der Waals surface area contributed by atoms with E-state index in [9.17, 15) is 18.0 Å².